The first kappa shape index (κ1) is 20.7. The molecule has 0 bridgehead atoms. The topological polar surface area (TPSA) is 64.6 Å². The zero-order valence-electron chi connectivity index (χ0n) is 14.5. The summed E-state index contributed by atoms with van der Waals surface area (Å²) in [6.45, 7) is 4.76. The van der Waals surface area contributed by atoms with Crippen LogP contribution in [-0.4, -0.2) is 31.8 Å². The second-order valence-corrected chi connectivity index (χ2v) is 5.65. The molecule has 130 valence electrons. The minimum Gasteiger partial charge on any atom is -0.466 e. The van der Waals surface area contributed by atoms with Crippen LogP contribution in [-0.2, 0) is 14.3 Å². The highest BCUT2D eigenvalue weighted by molar-refractivity contribution is 5.69. The fourth-order valence-corrected chi connectivity index (χ4v) is 2.22. The van der Waals surface area contributed by atoms with Crippen LogP contribution in [0.2, 0.25) is 0 Å². The SMILES string of the molecule is CCCCCC(CCCCC(=O)OCCCC)NC(=O)OC. The minimum atomic E-state index is -0.375. The maximum Gasteiger partial charge on any atom is 0.407 e. The summed E-state index contributed by atoms with van der Waals surface area (Å²) in [4.78, 5) is 22.8. The molecule has 1 unspecified atom stereocenters. The number of carbonyl (C=O) groups excluding carboxylic acids is 2. The van der Waals surface area contributed by atoms with E-state index in [1.807, 2.05) is 0 Å². The lowest BCUT2D eigenvalue weighted by Gasteiger charge is -2.17. The van der Waals surface area contributed by atoms with Gasteiger partial charge in [-0.2, -0.15) is 0 Å². The first-order valence-corrected chi connectivity index (χ1v) is 8.64. The number of nitrogens with one attached hydrogen (secondary N) is 1. The Balaban J connectivity index is 3.85. The largest absolute Gasteiger partial charge is 0.466 e. The summed E-state index contributed by atoms with van der Waals surface area (Å²) in [5, 5.41) is 2.88. The van der Waals surface area contributed by atoms with Crippen molar-refractivity contribution in [1.29, 1.82) is 0 Å². The Morgan fingerprint density at radius 2 is 1.59 bits per heavy atom. The summed E-state index contributed by atoms with van der Waals surface area (Å²) in [6, 6.07) is 0.134. The van der Waals surface area contributed by atoms with Gasteiger partial charge in [0.05, 0.1) is 13.7 Å². The van der Waals surface area contributed by atoms with E-state index in [1.165, 1.54) is 13.5 Å². The molecule has 0 aromatic rings. The molecular weight excluding hydrogens is 282 g/mol. The number of hydrogen-bond acceptors (Lipinski definition) is 4. The van der Waals surface area contributed by atoms with Gasteiger partial charge in [0.25, 0.3) is 0 Å². The van der Waals surface area contributed by atoms with Gasteiger partial charge < -0.3 is 14.8 Å². The Kier molecular flexibility index (Phi) is 13.8. The summed E-state index contributed by atoms with van der Waals surface area (Å²) in [5.74, 6) is -0.114. The fourth-order valence-electron chi connectivity index (χ4n) is 2.22. The molecule has 1 amide bonds. The highest BCUT2D eigenvalue weighted by Crippen LogP contribution is 2.12. The van der Waals surface area contributed by atoms with Crippen LogP contribution in [0.5, 0.6) is 0 Å². The third kappa shape index (κ3) is 12.5. The lowest BCUT2D eigenvalue weighted by atomic mass is 10.0. The molecule has 0 radical (unpaired) electrons. The van der Waals surface area contributed by atoms with Crippen LogP contribution in [0, 0.1) is 0 Å². The Morgan fingerprint density at radius 3 is 2.18 bits per heavy atom. The molecule has 22 heavy (non-hydrogen) atoms. The van der Waals surface area contributed by atoms with Crippen LogP contribution in [0.25, 0.3) is 0 Å². The highest BCUT2D eigenvalue weighted by atomic mass is 16.5. The quantitative estimate of drug-likeness (QED) is 0.409. The Labute approximate surface area is 135 Å². The zero-order chi connectivity index (χ0) is 16.6. The van der Waals surface area contributed by atoms with Crippen LogP contribution in [0.4, 0.5) is 4.79 Å². The average molecular weight is 315 g/mol. The van der Waals surface area contributed by atoms with E-state index in [2.05, 4.69) is 23.9 Å². The number of ether oxygens (including phenoxy) is 2. The van der Waals surface area contributed by atoms with Crippen LogP contribution >= 0.6 is 0 Å². The van der Waals surface area contributed by atoms with Gasteiger partial charge in [0.15, 0.2) is 0 Å². The van der Waals surface area contributed by atoms with Crippen molar-refractivity contribution in [2.75, 3.05) is 13.7 Å². The Morgan fingerprint density at radius 1 is 0.955 bits per heavy atom. The summed E-state index contributed by atoms with van der Waals surface area (Å²) in [5.41, 5.74) is 0. The van der Waals surface area contributed by atoms with E-state index in [0.717, 1.165) is 51.4 Å². The second kappa shape index (κ2) is 14.7. The molecule has 0 saturated carbocycles. The number of esters is 1. The summed E-state index contributed by atoms with van der Waals surface area (Å²) in [7, 11) is 1.38. The van der Waals surface area contributed by atoms with Crippen molar-refractivity contribution in [3.05, 3.63) is 0 Å². The molecule has 0 aliphatic rings. The third-order valence-electron chi connectivity index (χ3n) is 3.61. The molecule has 0 rings (SSSR count). The maximum atomic E-state index is 11.5. The molecular formula is C17H33NO4. The molecule has 5 nitrogen and oxygen atoms in total. The first-order chi connectivity index (χ1) is 10.6. The fraction of sp³-hybridized carbons (Fsp3) is 0.882. The van der Waals surface area contributed by atoms with Crippen molar-refractivity contribution < 1.29 is 19.1 Å². The number of methoxy groups -OCH3 is 1. The van der Waals surface area contributed by atoms with E-state index in [0.29, 0.717) is 13.0 Å². The monoisotopic (exact) mass is 315 g/mol. The predicted molar refractivity (Wildman–Crippen MR) is 87.8 cm³/mol. The van der Waals surface area contributed by atoms with Gasteiger partial charge in [0, 0.05) is 12.5 Å². The standard InChI is InChI=1S/C17H33NO4/c1-4-6-8-11-15(18-17(20)21-3)12-9-10-13-16(19)22-14-7-5-2/h15H,4-14H2,1-3H3,(H,18,20). The van der Waals surface area contributed by atoms with Crippen molar-refractivity contribution in [3.63, 3.8) is 0 Å². The van der Waals surface area contributed by atoms with Crippen LogP contribution < -0.4 is 5.32 Å². The van der Waals surface area contributed by atoms with Crippen molar-refractivity contribution in [2.45, 2.75) is 84.1 Å². The second-order valence-electron chi connectivity index (χ2n) is 5.65. The Bertz CT molecular complexity index is 294. The van der Waals surface area contributed by atoms with Gasteiger partial charge in [-0.15, -0.1) is 0 Å². The predicted octanol–water partition coefficient (Wildman–Crippen LogP) is 4.20. The number of hydrogen-bond donors (Lipinski definition) is 1. The maximum absolute atomic E-state index is 11.5. The van der Waals surface area contributed by atoms with Crippen LogP contribution in [0.15, 0.2) is 0 Å². The molecule has 0 saturated heterocycles. The molecule has 0 aliphatic heterocycles. The van der Waals surface area contributed by atoms with Gasteiger partial charge in [-0.05, 0) is 25.7 Å². The Hall–Kier alpha value is -1.26. The first-order valence-electron chi connectivity index (χ1n) is 8.64. The van der Waals surface area contributed by atoms with Crippen molar-refractivity contribution in [2.24, 2.45) is 0 Å². The molecule has 0 aliphatic carbocycles. The highest BCUT2D eigenvalue weighted by Gasteiger charge is 2.12. The molecule has 0 fully saturated rings. The molecule has 1 N–H and O–H groups in total. The van der Waals surface area contributed by atoms with Crippen molar-refractivity contribution in [1.82, 2.24) is 5.32 Å². The molecule has 0 aromatic carbocycles. The van der Waals surface area contributed by atoms with E-state index in [9.17, 15) is 9.59 Å². The molecule has 1 atom stereocenters. The van der Waals surface area contributed by atoms with E-state index in [-0.39, 0.29) is 18.1 Å². The van der Waals surface area contributed by atoms with E-state index >= 15 is 0 Å². The lowest BCUT2D eigenvalue weighted by molar-refractivity contribution is -0.143. The lowest BCUT2D eigenvalue weighted by Crippen LogP contribution is -2.34. The number of unbranched alkanes of at least 4 members (excludes halogenated alkanes) is 4. The molecule has 0 aromatic heterocycles. The van der Waals surface area contributed by atoms with Gasteiger partial charge >= 0.3 is 12.1 Å². The van der Waals surface area contributed by atoms with Crippen molar-refractivity contribution in [3.8, 4) is 0 Å². The van der Waals surface area contributed by atoms with Crippen LogP contribution in [0.3, 0.4) is 0 Å². The summed E-state index contributed by atoms with van der Waals surface area (Å²) < 4.78 is 9.78. The van der Waals surface area contributed by atoms with Crippen molar-refractivity contribution >= 4 is 12.1 Å². The molecule has 5 heteroatoms. The van der Waals surface area contributed by atoms with Gasteiger partial charge in [-0.25, -0.2) is 4.79 Å². The summed E-state index contributed by atoms with van der Waals surface area (Å²) in [6.07, 6.45) is 9.03. The number of carbonyl (C=O) groups is 2. The van der Waals surface area contributed by atoms with Gasteiger partial charge in [0.2, 0.25) is 0 Å². The molecule has 0 heterocycles. The smallest absolute Gasteiger partial charge is 0.407 e. The number of rotatable bonds is 13. The van der Waals surface area contributed by atoms with Gasteiger partial charge in [-0.3, -0.25) is 4.79 Å². The van der Waals surface area contributed by atoms with E-state index in [1.54, 1.807) is 0 Å². The number of alkyl carbamates (subject to hydrolysis) is 1. The third-order valence-corrected chi connectivity index (χ3v) is 3.61. The van der Waals surface area contributed by atoms with E-state index < -0.39 is 0 Å². The average Bonchev–Trinajstić information content (AvgIpc) is 2.51. The normalized spacial score (nSPS) is 11.8. The molecule has 0 spiro atoms. The minimum absolute atomic E-state index is 0.114. The number of amides is 1. The van der Waals surface area contributed by atoms with Gasteiger partial charge in [0.1, 0.15) is 0 Å². The zero-order valence-corrected chi connectivity index (χ0v) is 14.5. The van der Waals surface area contributed by atoms with Crippen LogP contribution in [0.1, 0.15) is 78.1 Å². The summed E-state index contributed by atoms with van der Waals surface area (Å²) >= 11 is 0. The van der Waals surface area contributed by atoms with E-state index in [4.69, 9.17) is 4.74 Å². The van der Waals surface area contributed by atoms with Gasteiger partial charge in [-0.1, -0.05) is 46.0 Å².